The molecule has 1 aliphatic heterocycles. The zero-order chi connectivity index (χ0) is 16.1. The highest BCUT2D eigenvalue weighted by atomic mass is 16.3. The van der Waals surface area contributed by atoms with E-state index in [-0.39, 0.29) is 11.8 Å². The second kappa shape index (κ2) is 6.96. The molecule has 23 heavy (non-hydrogen) atoms. The number of carbonyl (C=O) groups is 2. The highest BCUT2D eigenvalue weighted by Crippen LogP contribution is 2.21. The second-order valence-corrected chi connectivity index (χ2v) is 5.37. The summed E-state index contributed by atoms with van der Waals surface area (Å²) in [5.74, 6) is 0.706. The molecule has 0 aliphatic carbocycles. The third-order valence-corrected chi connectivity index (χ3v) is 3.72. The smallest absolute Gasteiger partial charge is 0.244 e. The summed E-state index contributed by atoms with van der Waals surface area (Å²) >= 11 is 0. The standard InChI is InChI=1S/C18H18N2O3/c21-17(19-13-16-3-2-12-23-16)10-7-14-5-8-15(9-6-14)20-11-1-4-18(20)22/h2-3,5-10,12H,1,4,11,13H2,(H,19,21)/b10-7+. The molecule has 1 aromatic carbocycles. The normalized spacial score (nSPS) is 14.6. The van der Waals surface area contributed by atoms with Gasteiger partial charge in [0.2, 0.25) is 11.8 Å². The Morgan fingerprint density at radius 2 is 2.09 bits per heavy atom. The van der Waals surface area contributed by atoms with Crippen molar-refractivity contribution in [2.24, 2.45) is 0 Å². The van der Waals surface area contributed by atoms with Crippen LogP contribution >= 0.6 is 0 Å². The maximum absolute atomic E-state index is 11.7. The zero-order valence-electron chi connectivity index (χ0n) is 12.7. The lowest BCUT2D eigenvalue weighted by Crippen LogP contribution is -2.23. The van der Waals surface area contributed by atoms with E-state index in [1.807, 2.05) is 30.3 Å². The SMILES string of the molecule is O=C(/C=C/c1ccc(N2CCCC2=O)cc1)NCc1ccco1. The average molecular weight is 310 g/mol. The molecule has 0 saturated carbocycles. The Bertz CT molecular complexity index is 702. The number of nitrogens with zero attached hydrogens (tertiary/aromatic N) is 1. The van der Waals surface area contributed by atoms with Gasteiger partial charge in [-0.3, -0.25) is 9.59 Å². The first-order chi connectivity index (χ1) is 11.2. The molecule has 0 atom stereocenters. The van der Waals surface area contributed by atoms with Crippen LogP contribution in [0.1, 0.15) is 24.2 Å². The summed E-state index contributed by atoms with van der Waals surface area (Å²) in [6, 6.07) is 11.2. The van der Waals surface area contributed by atoms with Gasteiger partial charge in [0.15, 0.2) is 0 Å². The molecule has 1 saturated heterocycles. The summed E-state index contributed by atoms with van der Waals surface area (Å²) < 4.78 is 5.15. The number of hydrogen-bond donors (Lipinski definition) is 1. The Morgan fingerprint density at radius 1 is 1.26 bits per heavy atom. The van der Waals surface area contributed by atoms with Crippen LogP contribution in [0.15, 0.2) is 53.2 Å². The van der Waals surface area contributed by atoms with Crippen LogP contribution in [0.2, 0.25) is 0 Å². The van der Waals surface area contributed by atoms with Gasteiger partial charge in [-0.05, 0) is 42.3 Å². The lowest BCUT2D eigenvalue weighted by Gasteiger charge is -2.15. The van der Waals surface area contributed by atoms with Crippen LogP contribution in [0.3, 0.4) is 0 Å². The molecule has 1 aliphatic rings. The molecule has 5 nitrogen and oxygen atoms in total. The fourth-order valence-corrected chi connectivity index (χ4v) is 2.50. The molecule has 1 N–H and O–H groups in total. The number of anilines is 1. The fraction of sp³-hybridized carbons (Fsp3) is 0.222. The minimum absolute atomic E-state index is 0.172. The van der Waals surface area contributed by atoms with Crippen molar-refractivity contribution in [3.63, 3.8) is 0 Å². The molecule has 2 amide bonds. The molecule has 2 aromatic rings. The fourth-order valence-electron chi connectivity index (χ4n) is 2.50. The number of amides is 2. The van der Waals surface area contributed by atoms with Crippen molar-refractivity contribution in [2.45, 2.75) is 19.4 Å². The molecule has 3 rings (SSSR count). The molecule has 118 valence electrons. The van der Waals surface area contributed by atoms with Gasteiger partial charge in [-0.2, -0.15) is 0 Å². The van der Waals surface area contributed by atoms with Crippen LogP contribution in [0, 0.1) is 0 Å². The molecule has 1 aromatic heterocycles. The van der Waals surface area contributed by atoms with E-state index in [1.54, 1.807) is 23.3 Å². The first kappa shape index (κ1) is 15.1. The van der Waals surface area contributed by atoms with Crippen molar-refractivity contribution in [3.05, 3.63) is 60.1 Å². The van der Waals surface area contributed by atoms with E-state index < -0.39 is 0 Å². The number of nitrogens with one attached hydrogen (secondary N) is 1. The largest absolute Gasteiger partial charge is 0.467 e. The first-order valence-corrected chi connectivity index (χ1v) is 7.61. The Kier molecular flexibility index (Phi) is 4.57. The van der Waals surface area contributed by atoms with Gasteiger partial charge < -0.3 is 14.6 Å². The number of carbonyl (C=O) groups excluding carboxylic acids is 2. The third-order valence-electron chi connectivity index (χ3n) is 3.72. The van der Waals surface area contributed by atoms with Crippen molar-refractivity contribution in [1.82, 2.24) is 5.32 Å². The maximum atomic E-state index is 11.7. The van der Waals surface area contributed by atoms with Crippen LogP contribution in [0.4, 0.5) is 5.69 Å². The summed E-state index contributed by atoms with van der Waals surface area (Å²) in [5, 5.41) is 2.74. The van der Waals surface area contributed by atoms with Gasteiger partial charge in [0.05, 0.1) is 12.8 Å². The summed E-state index contributed by atoms with van der Waals surface area (Å²) in [6.07, 6.45) is 6.34. The van der Waals surface area contributed by atoms with Gasteiger partial charge in [0, 0.05) is 24.7 Å². The van der Waals surface area contributed by atoms with E-state index in [9.17, 15) is 9.59 Å². The average Bonchev–Trinajstić information content (AvgIpc) is 3.23. The molecule has 0 spiro atoms. The van der Waals surface area contributed by atoms with E-state index in [4.69, 9.17) is 4.42 Å². The van der Waals surface area contributed by atoms with Crippen LogP contribution in [-0.2, 0) is 16.1 Å². The maximum Gasteiger partial charge on any atom is 0.244 e. The third kappa shape index (κ3) is 3.88. The number of furan rings is 1. The van der Waals surface area contributed by atoms with Crippen molar-refractivity contribution < 1.29 is 14.0 Å². The molecule has 0 radical (unpaired) electrons. The van der Waals surface area contributed by atoms with Gasteiger partial charge >= 0.3 is 0 Å². The predicted octanol–water partition coefficient (Wildman–Crippen LogP) is 2.74. The van der Waals surface area contributed by atoms with E-state index in [0.717, 1.165) is 24.2 Å². The van der Waals surface area contributed by atoms with Crippen molar-refractivity contribution in [2.75, 3.05) is 11.4 Å². The number of benzene rings is 1. The van der Waals surface area contributed by atoms with E-state index in [2.05, 4.69) is 5.32 Å². The number of rotatable bonds is 5. The summed E-state index contributed by atoms with van der Waals surface area (Å²) in [5.41, 5.74) is 1.82. The molecule has 1 fully saturated rings. The van der Waals surface area contributed by atoms with Gasteiger partial charge in [-0.25, -0.2) is 0 Å². The number of hydrogen-bond acceptors (Lipinski definition) is 3. The molecule has 5 heteroatoms. The van der Waals surface area contributed by atoms with Crippen LogP contribution in [0.5, 0.6) is 0 Å². The Morgan fingerprint density at radius 3 is 2.74 bits per heavy atom. The monoisotopic (exact) mass is 310 g/mol. The summed E-state index contributed by atoms with van der Waals surface area (Å²) in [7, 11) is 0. The minimum atomic E-state index is -0.180. The Balaban J connectivity index is 1.55. The van der Waals surface area contributed by atoms with E-state index >= 15 is 0 Å². The Hall–Kier alpha value is -2.82. The minimum Gasteiger partial charge on any atom is -0.467 e. The van der Waals surface area contributed by atoms with Gasteiger partial charge in [-0.15, -0.1) is 0 Å². The molecule has 0 bridgehead atoms. The molecule has 2 heterocycles. The van der Waals surface area contributed by atoms with E-state index in [1.165, 1.54) is 6.08 Å². The van der Waals surface area contributed by atoms with Crippen LogP contribution < -0.4 is 10.2 Å². The molecular weight excluding hydrogens is 292 g/mol. The van der Waals surface area contributed by atoms with Crippen LogP contribution in [-0.4, -0.2) is 18.4 Å². The highest BCUT2D eigenvalue weighted by molar-refractivity contribution is 5.95. The van der Waals surface area contributed by atoms with E-state index in [0.29, 0.717) is 18.7 Å². The molecular formula is C18H18N2O3. The van der Waals surface area contributed by atoms with Crippen molar-refractivity contribution >= 4 is 23.6 Å². The zero-order valence-corrected chi connectivity index (χ0v) is 12.7. The quantitative estimate of drug-likeness (QED) is 0.864. The lowest BCUT2D eigenvalue weighted by atomic mass is 10.2. The van der Waals surface area contributed by atoms with Gasteiger partial charge in [0.1, 0.15) is 5.76 Å². The second-order valence-electron chi connectivity index (χ2n) is 5.37. The first-order valence-electron chi connectivity index (χ1n) is 7.61. The Labute approximate surface area is 134 Å². The van der Waals surface area contributed by atoms with Gasteiger partial charge in [-0.1, -0.05) is 12.1 Å². The summed E-state index contributed by atoms with van der Waals surface area (Å²) in [4.78, 5) is 25.2. The summed E-state index contributed by atoms with van der Waals surface area (Å²) in [6.45, 7) is 1.15. The van der Waals surface area contributed by atoms with Crippen molar-refractivity contribution in [1.29, 1.82) is 0 Å². The predicted molar refractivity (Wildman–Crippen MR) is 87.6 cm³/mol. The lowest BCUT2D eigenvalue weighted by molar-refractivity contribution is -0.117. The highest BCUT2D eigenvalue weighted by Gasteiger charge is 2.21. The van der Waals surface area contributed by atoms with Gasteiger partial charge in [0.25, 0.3) is 0 Å². The van der Waals surface area contributed by atoms with Crippen LogP contribution in [0.25, 0.3) is 6.08 Å². The van der Waals surface area contributed by atoms with Crippen molar-refractivity contribution in [3.8, 4) is 0 Å². The topological polar surface area (TPSA) is 62.6 Å². The molecule has 0 unspecified atom stereocenters.